The SMILES string of the molecule is CCOC(=O)[C@H]1O[C@@H](Oc2cc(OC(C)=O)c3c(=O)cc(-c4ccc(OC(C)=O)cc4)oc3c2)[C@H](OC(C)=O)[C@H](OC(C)=O)[C@@H]1OC(C)=O. The Morgan fingerprint density at radius 3 is 1.86 bits per heavy atom. The summed E-state index contributed by atoms with van der Waals surface area (Å²) in [5.74, 6) is -5.13. The first-order valence-electron chi connectivity index (χ1n) is 14.8. The van der Waals surface area contributed by atoms with E-state index >= 15 is 0 Å². The molecule has 2 heterocycles. The summed E-state index contributed by atoms with van der Waals surface area (Å²) in [5, 5.41) is -0.138. The number of benzene rings is 2. The Kier molecular flexibility index (Phi) is 11.4. The van der Waals surface area contributed by atoms with Crippen LogP contribution in [0.15, 0.2) is 51.7 Å². The van der Waals surface area contributed by atoms with Gasteiger partial charge in [0.15, 0.2) is 23.7 Å². The molecule has 0 amide bonds. The van der Waals surface area contributed by atoms with Gasteiger partial charge in [-0.2, -0.15) is 0 Å². The van der Waals surface area contributed by atoms with Crippen molar-refractivity contribution in [2.24, 2.45) is 0 Å². The summed E-state index contributed by atoms with van der Waals surface area (Å²) in [5.41, 5.74) is -0.313. The van der Waals surface area contributed by atoms with Crippen LogP contribution in [-0.2, 0) is 52.5 Å². The van der Waals surface area contributed by atoms with Crippen LogP contribution >= 0.6 is 0 Å². The lowest BCUT2D eigenvalue weighted by Gasteiger charge is -2.43. The van der Waals surface area contributed by atoms with Crippen molar-refractivity contribution >= 4 is 46.8 Å². The van der Waals surface area contributed by atoms with Crippen LogP contribution in [0.5, 0.6) is 17.2 Å². The molecule has 5 atom stereocenters. The number of esters is 6. The molecule has 0 unspecified atom stereocenters. The van der Waals surface area contributed by atoms with Gasteiger partial charge < -0.3 is 42.3 Å². The van der Waals surface area contributed by atoms with Crippen molar-refractivity contribution in [2.45, 2.75) is 72.2 Å². The lowest BCUT2D eigenvalue weighted by atomic mass is 9.97. The van der Waals surface area contributed by atoms with Crippen molar-refractivity contribution < 1.29 is 71.1 Å². The fourth-order valence-electron chi connectivity index (χ4n) is 4.94. The van der Waals surface area contributed by atoms with E-state index in [1.54, 1.807) is 12.1 Å². The average molecular weight is 685 g/mol. The van der Waals surface area contributed by atoms with E-state index in [2.05, 4.69) is 0 Å². The Morgan fingerprint density at radius 1 is 0.694 bits per heavy atom. The lowest BCUT2D eigenvalue weighted by Crippen LogP contribution is -2.64. The fourth-order valence-corrected chi connectivity index (χ4v) is 4.94. The molecular formula is C33H32O16. The third-order valence-electron chi connectivity index (χ3n) is 6.59. The monoisotopic (exact) mass is 684 g/mol. The van der Waals surface area contributed by atoms with Gasteiger partial charge >= 0.3 is 35.8 Å². The highest BCUT2D eigenvalue weighted by atomic mass is 16.7. The van der Waals surface area contributed by atoms with Crippen LogP contribution in [0.2, 0.25) is 0 Å². The van der Waals surface area contributed by atoms with E-state index in [4.69, 9.17) is 42.3 Å². The molecule has 0 N–H and O–H groups in total. The van der Waals surface area contributed by atoms with E-state index in [0.29, 0.717) is 5.56 Å². The third-order valence-corrected chi connectivity index (χ3v) is 6.59. The zero-order chi connectivity index (χ0) is 36.0. The number of carbonyl (C=O) groups is 6. The maximum atomic E-state index is 13.3. The minimum Gasteiger partial charge on any atom is -0.464 e. The van der Waals surface area contributed by atoms with Crippen LogP contribution in [-0.4, -0.2) is 73.1 Å². The number of carbonyl (C=O) groups excluding carboxylic acids is 6. The second-order valence-corrected chi connectivity index (χ2v) is 10.5. The molecule has 1 fully saturated rings. The van der Waals surface area contributed by atoms with E-state index in [1.807, 2.05) is 0 Å². The molecule has 0 aliphatic carbocycles. The van der Waals surface area contributed by atoms with Crippen molar-refractivity contribution in [3.8, 4) is 28.6 Å². The Hall–Kier alpha value is -5.77. The van der Waals surface area contributed by atoms with Crippen molar-refractivity contribution in [3.05, 3.63) is 52.7 Å². The minimum atomic E-state index is -1.75. The lowest BCUT2D eigenvalue weighted by molar-refractivity contribution is -0.282. The molecule has 260 valence electrons. The van der Waals surface area contributed by atoms with Crippen LogP contribution in [0.4, 0.5) is 0 Å². The molecule has 16 nitrogen and oxygen atoms in total. The van der Waals surface area contributed by atoms with Crippen molar-refractivity contribution in [2.75, 3.05) is 6.61 Å². The largest absolute Gasteiger partial charge is 0.464 e. The Labute approximate surface area is 278 Å². The smallest absolute Gasteiger partial charge is 0.339 e. The number of fused-ring (bicyclic) bond motifs is 1. The number of ether oxygens (including phenoxy) is 8. The van der Waals surface area contributed by atoms with Gasteiger partial charge in [0.2, 0.25) is 12.4 Å². The summed E-state index contributed by atoms with van der Waals surface area (Å²) in [4.78, 5) is 86.1. The van der Waals surface area contributed by atoms with E-state index in [1.165, 1.54) is 38.1 Å². The van der Waals surface area contributed by atoms with Gasteiger partial charge in [0.1, 0.15) is 34.0 Å². The number of hydrogen-bond acceptors (Lipinski definition) is 16. The van der Waals surface area contributed by atoms with Crippen LogP contribution < -0.4 is 19.6 Å². The number of rotatable bonds is 10. The van der Waals surface area contributed by atoms with Gasteiger partial charge in [0.25, 0.3) is 0 Å². The number of hydrogen-bond donors (Lipinski definition) is 0. The van der Waals surface area contributed by atoms with Gasteiger partial charge in [-0.3, -0.25) is 28.8 Å². The topological polar surface area (TPSA) is 206 Å². The molecule has 4 rings (SSSR count). The Morgan fingerprint density at radius 2 is 1.29 bits per heavy atom. The highest BCUT2D eigenvalue weighted by Crippen LogP contribution is 2.36. The van der Waals surface area contributed by atoms with Gasteiger partial charge in [-0.1, -0.05) is 0 Å². The minimum absolute atomic E-state index is 0.0750. The molecule has 0 spiro atoms. The maximum absolute atomic E-state index is 13.3. The van der Waals surface area contributed by atoms with E-state index in [9.17, 15) is 33.6 Å². The molecule has 2 aromatic carbocycles. The van der Waals surface area contributed by atoms with Crippen LogP contribution in [0.1, 0.15) is 41.5 Å². The molecule has 0 bridgehead atoms. The summed E-state index contributed by atoms with van der Waals surface area (Å²) in [6, 6.07) is 9.62. The summed E-state index contributed by atoms with van der Waals surface area (Å²) >= 11 is 0. The Balaban J connectivity index is 1.84. The first-order valence-corrected chi connectivity index (χ1v) is 14.8. The van der Waals surface area contributed by atoms with Gasteiger partial charge in [-0.05, 0) is 31.2 Å². The Bertz CT molecular complexity index is 1820. The highest BCUT2D eigenvalue weighted by molar-refractivity contribution is 5.89. The first kappa shape index (κ1) is 36.1. The third kappa shape index (κ3) is 8.98. The summed E-state index contributed by atoms with van der Waals surface area (Å²) < 4.78 is 49.4. The molecule has 1 saturated heterocycles. The second-order valence-electron chi connectivity index (χ2n) is 10.5. The zero-order valence-corrected chi connectivity index (χ0v) is 27.2. The predicted octanol–water partition coefficient (Wildman–Crippen LogP) is 2.77. The predicted molar refractivity (Wildman–Crippen MR) is 163 cm³/mol. The molecule has 1 aliphatic heterocycles. The van der Waals surface area contributed by atoms with Crippen molar-refractivity contribution in [3.63, 3.8) is 0 Å². The summed E-state index contributed by atoms with van der Waals surface area (Å²) in [6.45, 7) is 6.88. The highest BCUT2D eigenvalue weighted by Gasteiger charge is 2.56. The normalized spacial score (nSPS) is 20.0. The first-order chi connectivity index (χ1) is 23.2. The molecule has 0 radical (unpaired) electrons. The van der Waals surface area contributed by atoms with E-state index in [0.717, 1.165) is 33.8 Å². The molecule has 49 heavy (non-hydrogen) atoms. The zero-order valence-electron chi connectivity index (χ0n) is 27.2. The van der Waals surface area contributed by atoms with Crippen LogP contribution in [0, 0.1) is 0 Å². The van der Waals surface area contributed by atoms with E-state index < -0.39 is 72.0 Å². The second kappa shape index (κ2) is 15.4. The van der Waals surface area contributed by atoms with Crippen molar-refractivity contribution in [1.82, 2.24) is 0 Å². The van der Waals surface area contributed by atoms with Gasteiger partial charge in [-0.25, -0.2) is 4.79 Å². The molecule has 3 aromatic rings. The fraction of sp³-hybridized carbons (Fsp3) is 0.364. The molecule has 16 heteroatoms. The summed E-state index contributed by atoms with van der Waals surface area (Å²) in [6.07, 6.45) is -8.39. The summed E-state index contributed by atoms with van der Waals surface area (Å²) in [7, 11) is 0. The molecule has 1 aromatic heterocycles. The van der Waals surface area contributed by atoms with Gasteiger partial charge in [0.05, 0.1) is 6.61 Å². The van der Waals surface area contributed by atoms with Crippen molar-refractivity contribution in [1.29, 1.82) is 0 Å². The quantitative estimate of drug-likeness (QED) is 0.171. The van der Waals surface area contributed by atoms with Crippen LogP contribution in [0.25, 0.3) is 22.3 Å². The maximum Gasteiger partial charge on any atom is 0.339 e. The van der Waals surface area contributed by atoms with E-state index in [-0.39, 0.29) is 40.6 Å². The molecule has 0 saturated carbocycles. The molecular weight excluding hydrogens is 652 g/mol. The van der Waals surface area contributed by atoms with Gasteiger partial charge in [0, 0.05) is 58.4 Å². The van der Waals surface area contributed by atoms with Crippen LogP contribution in [0.3, 0.4) is 0 Å². The average Bonchev–Trinajstić information content (AvgIpc) is 2.98. The van der Waals surface area contributed by atoms with Gasteiger partial charge in [-0.15, -0.1) is 0 Å². The molecule has 1 aliphatic rings. The standard InChI is InChI=1S/C33H32O16/c1-7-41-32(40)30-28(44-17(4)36)29(45-18(5)37)31(46-19(6)38)33(49-30)47-22-12-25(43-16(3)35)27-23(39)14-24(48-26(27)13-22)20-8-10-21(11-9-20)42-15(2)34/h8-14,28-31,33H,7H2,1-6H3/t28-,29+,30-,31+,33+/m0/s1.